The highest BCUT2D eigenvalue weighted by molar-refractivity contribution is 8.15. The van der Waals surface area contributed by atoms with Gasteiger partial charge in [0.25, 0.3) is 0 Å². The molecule has 0 unspecified atom stereocenters. The first-order valence-corrected chi connectivity index (χ1v) is 6.83. The topological polar surface area (TPSA) is 85.1 Å². The standard InChI is InChI=1S/C12H19N3O5S/c1-12(2,3)8-7-9(13-20-8)15(21-11(17)18-5)10(16)14(4)19-6/h7H,1-6H3. The SMILES string of the molecule is COC(=O)SN(C(=O)N(C)OC)c1cc(C(C)(C)C)on1. The van der Waals surface area contributed by atoms with Crippen molar-refractivity contribution < 1.29 is 23.7 Å². The molecule has 0 saturated heterocycles. The Labute approximate surface area is 127 Å². The van der Waals surface area contributed by atoms with Crippen molar-refractivity contribution in [1.29, 1.82) is 0 Å². The van der Waals surface area contributed by atoms with Crippen molar-refractivity contribution in [1.82, 2.24) is 10.2 Å². The molecule has 21 heavy (non-hydrogen) atoms. The van der Waals surface area contributed by atoms with Gasteiger partial charge in [-0.15, -0.1) is 0 Å². The van der Waals surface area contributed by atoms with Gasteiger partial charge in [0.15, 0.2) is 5.82 Å². The third-order valence-corrected chi connectivity index (χ3v) is 3.34. The fourth-order valence-corrected chi connectivity index (χ4v) is 1.81. The average molecular weight is 317 g/mol. The van der Waals surface area contributed by atoms with E-state index < -0.39 is 11.3 Å². The summed E-state index contributed by atoms with van der Waals surface area (Å²) in [6, 6.07) is 0.999. The van der Waals surface area contributed by atoms with Crippen molar-refractivity contribution in [3.8, 4) is 0 Å². The van der Waals surface area contributed by atoms with E-state index in [9.17, 15) is 9.59 Å². The van der Waals surface area contributed by atoms with Gasteiger partial charge in [-0.25, -0.2) is 19.0 Å². The van der Waals surface area contributed by atoms with Crippen molar-refractivity contribution in [2.45, 2.75) is 26.2 Å². The zero-order chi connectivity index (χ0) is 16.2. The molecular weight excluding hydrogens is 298 g/mol. The van der Waals surface area contributed by atoms with Crippen molar-refractivity contribution >= 4 is 29.1 Å². The Bertz CT molecular complexity index is 511. The molecule has 0 aliphatic rings. The van der Waals surface area contributed by atoms with Crippen molar-refractivity contribution in [2.75, 3.05) is 25.6 Å². The summed E-state index contributed by atoms with van der Waals surface area (Å²) in [6.07, 6.45) is 0. The van der Waals surface area contributed by atoms with E-state index in [4.69, 9.17) is 9.36 Å². The molecule has 118 valence electrons. The largest absolute Gasteiger partial charge is 0.460 e. The molecule has 0 bridgehead atoms. The van der Waals surface area contributed by atoms with Gasteiger partial charge in [0.1, 0.15) is 5.76 Å². The zero-order valence-corrected chi connectivity index (χ0v) is 13.7. The highest BCUT2D eigenvalue weighted by Crippen LogP contribution is 2.30. The van der Waals surface area contributed by atoms with Crippen molar-refractivity contribution in [3.05, 3.63) is 11.8 Å². The smallest absolute Gasteiger partial charge is 0.388 e. The van der Waals surface area contributed by atoms with Crippen LogP contribution in [0.1, 0.15) is 26.5 Å². The van der Waals surface area contributed by atoms with E-state index in [2.05, 4.69) is 9.89 Å². The summed E-state index contributed by atoms with van der Waals surface area (Å²) in [6.45, 7) is 5.83. The number of carbonyl (C=O) groups excluding carboxylic acids is 2. The molecule has 0 atom stereocenters. The number of hydrogen-bond acceptors (Lipinski definition) is 7. The minimum absolute atomic E-state index is 0.184. The lowest BCUT2D eigenvalue weighted by molar-refractivity contribution is -0.0609. The van der Waals surface area contributed by atoms with Gasteiger partial charge in [-0.1, -0.05) is 25.9 Å². The Balaban J connectivity index is 3.09. The predicted octanol–water partition coefficient (Wildman–Crippen LogP) is 2.81. The maximum atomic E-state index is 12.2. The summed E-state index contributed by atoms with van der Waals surface area (Å²) < 4.78 is 10.8. The van der Waals surface area contributed by atoms with Gasteiger partial charge in [-0.2, -0.15) is 0 Å². The lowest BCUT2D eigenvalue weighted by atomic mass is 9.93. The molecule has 0 aliphatic heterocycles. The van der Waals surface area contributed by atoms with Crippen molar-refractivity contribution in [2.24, 2.45) is 0 Å². The summed E-state index contributed by atoms with van der Waals surface area (Å²) in [4.78, 5) is 28.5. The molecule has 1 aromatic rings. The Morgan fingerprint density at radius 3 is 2.38 bits per heavy atom. The fourth-order valence-electron chi connectivity index (χ4n) is 1.22. The van der Waals surface area contributed by atoms with Crippen LogP contribution in [0.25, 0.3) is 0 Å². The molecule has 2 amide bonds. The number of urea groups is 1. The lowest BCUT2D eigenvalue weighted by Gasteiger charge is -2.21. The first-order valence-electron chi connectivity index (χ1n) is 6.05. The van der Waals surface area contributed by atoms with Gasteiger partial charge < -0.3 is 9.26 Å². The number of hydroxylamine groups is 2. The van der Waals surface area contributed by atoms with Crippen LogP contribution in [0.3, 0.4) is 0 Å². The van der Waals surface area contributed by atoms with Crippen LogP contribution in [-0.2, 0) is 15.0 Å². The molecule has 1 aromatic heterocycles. The molecule has 1 rings (SSSR count). The number of anilines is 1. The normalized spacial score (nSPS) is 11.1. The summed E-state index contributed by atoms with van der Waals surface area (Å²) in [7, 11) is 3.97. The number of carbonyl (C=O) groups is 2. The van der Waals surface area contributed by atoms with E-state index in [-0.39, 0.29) is 11.2 Å². The average Bonchev–Trinajstić information content (AvgIpc) is 2.92. The van der Waals surface area contributed by atoms with E-state index in [0.29, 0.717) is 17.7 Å². The highest BCUT2D eigenvalue weighted by Gasteiger charge is 2.29. The van der Waals surface area contributed by atoms with E-state index >= 15 is 0 Å². The number of aromatic nitrogens is 1. The van der Waals surface area contributed by atoms with Gasteiger partial charge in [0.2, 0.25) is 0 Å². The molecule has 0 fully saturated rings. The van der Waals surface area contributed by atoms with E-state index in [0.717, 1.165) is 9.37 Å². The van der Waals surface area contributed by atoms with E-state index in [1.54, 1.807) is 6.07 Å². The molecular formula is C12H19N3O5S. The maximum absolute atomic E-state index is 12.2. The Kier molecular flexibility index (Phi) is 5.62. The summed E-state index contributed by atoms with van der Waals surface area (Å²) in [5.41, 5.74) is -0.275. The number of rotatable bonds is 2. The number of ether oxygens (including phenoxy) is 1. The van der Waals surface area contributed by atoms with Crippen LogP contribution in [0.4, 0.5) is 15.4 Å². The Morgan fingerprint density at radius 2 is 1.95 bits per heavy atom. The van der Waals surface area contributed by atoms with Crippen LogP contribution in [0, 0.1) is 0 Å². The second-order valence-corrected chi connectivity index (χ2v) is 5.98. The van der Waals surface area contributed by atoms with Crippen LogP contribution in [-0.4, -0.2) is 42.8 Å². The van der Waals surface area contributed by atoms with Gasteiger partial charge >= 0.3 is 11.3 Å². The second kappa shape index (κ2) is 6.81. The van der Waals surface area contributed by atoms with Crippen LogP contribution >= 0.6 is 11.9 Å². The van der Waals surface area contributed by atoms with Crippen LogP contribution in [0.15, 0.2) is 10.6 Å². The number of nitrogens with zero attached hydrogens (tertiary/aromatic N) is 3. The second-order valence-electron chi connectivity index (χ2n) is 5.10. The molecule has 0 aromatic carbocycles. The van der Waals surface area contributed by atoms with Gasteiger partial charge in [0.05, 0.1) is 26.2 Å². The van der Waals surface area contributed by atoms with Gasteiger partial charge in [-0.3, -0.25) is 4.84 Å². The van der Waals surface area contributed by atoms with Gasteiger partial charge in [-0.05, 0) is 0 Å². The Morgan fingerprint density at radius 1 is 1.33 bits per heavy atom. The Hall–Kier alpha value is -1.74. The van der Waals surface area contributed by atoms with E-state index in [1.165, 1.54) is 21.3 Å². The molecule has 0 spiro atoms. The first-order chi connectivity index (χ1) is 9.70. The predicted molar refractivity (Wildman–Crippen MR) is 77.8 cm³/mol. The molecule has 0 N–H and O–H groups in total. The number of methoxy groups -OCH3 is 1. The number of hydrogen-bond donors (Lipinski definition) is 0. The molecule has 1 heterocycles. The fraction of sp³-hybridized carbons (Fsp3) is 0.583. The third-order valence-electron chi connectivity index (χ3n) is 2.49. The monoisotopic (exact) mass is 317 g/mol. The summed E-state index contributed by atoms with van der Waals surface area (Å²) >= 11 is 0.552. The quantitative estimate of drug-likeness (QED) is 0.471. The van der Waals surface area contributed by atoms with Crippen LogP contribution in [0.2, 0.25) is 0 Å². The maximum Gasteiger partial charge on any atom is 0.388 e. The zero-order valence-electron chi connectivity index (χ0n) is 12.9. The van der Waals surface area contributed by atoms with Crippen LogP contribution < -0.4 is 4.31 Å². The lowest BCUT2D eigenvalue weighted by Crippen LogP contribution is -2.37. The summed E-state index contributed by atoms with van der Waals surface area (Å²) in [5.74, 6) is 0.769. The molecule has 8 nitrogen and oxygen atoms in total. The van der Waals surface area contributed by atoms with E-state index in [1.807, 2.05) is 20.8 Å². The molecule has 0 radical (unpaired) electrons. The minimum atomic E-state index is -0.659. The molecule has 9 heteroatoms. The van der Waals surface area contributed by atoms with Gasteiger partial charge in [0, 0.05) is 18.5 Å². The molecule has 0 saturated carbocycles. The summed E-state index contributed by atoms with van der Waals surface area (Å²) in [5, 5.41) is 4.13. The van der Waals surface area contributed by atoms with Crippen molar-refractivity contribution in [3.63, 3.8) is 0 Å². The number of amides is 2. The minimum Gasteiger partial charge on any atom is -0.460 e. The highest BCUT2D eigenvalue weighted by atomic mass is 32.2. The van der Waals surface area contributed by atoms with Crippen LogP contribution in [0.5, 0.6) is 0 Å². The first kappa shape index (κ1) is 17.3. The molecule has 0 aliphatic carbocycles. The third kappa shape index (κ3) is 4.36.